The zero-order chi connectivity index (χ0) is 20.8. The molecule has 1 fully saturated rings. The summed E-state index contributed by atoms with van der Waals surface area (Å²) < 4.78 is 5.36. The van der Waals surface area contributed by atoms with E-state index in [1.165, 1.54) is 16.7 Å². The zero-order valence-electron chi connectivity index (χ0n) is 17.5. The third kappa shape index (κ3) is 4.40. The zero-order valence-corrected chi connectivity index (χ0v) is 17.5. The number of benzene rings is 3. The van der Waals surface area contributed by atoms with Gasteiger partial charge in [0.05, 0.1) is 18.6 Å². The number of nitrogens with zero attached hydrogens (tertiary/aromatic N) is 1. The normalized spacial score (nSPS) is 21.0. The van der Waals surface area contributed by atoms with E-state index in [2.05, 4.69) is 66.0 Å². The van der Waals surface area contributed by atoms with Crippen molar-refractivity contribution in [3.05, 3.63) is 90.0 Å². The summed E-state index contributed by atoms with van der Waals surface area (Å²) in [5.74, 6) is 0.821. The van der Waals surface area contributed by atoms with Crippen LogP contribution in [0.2, 0.25) is 0 Å². The Balaban J connectivity index is 1.34. The van der Waals surface area contributed by atoms with Gasteiger partial charge < -0.3 is 10.1 Å². The Hall–Kier alpha value is -3.09. The van der Waals surface area contributed by atoms with Gasteiger partial charge in [-0.3, -0.25) is 0 Å². The van der Waals surface area contributed by atoms with Gasteiger partial charge in [0, 0.05) is 12.6 Å². The van der Waals surface area contributed by atoms with E-state index < -0.39 is 5.41 Å². The summed E-state index contributed by atoms with van der Waals surface area (Å²) in [5, 5.41) is 13.7. The average Bonchev–Trinajstić information content (AvgIpc) is 2.84. The minimum absolute atomic E-state index is 0.399. The molecule has 30 heavy (non-hydrogen) atoms. The molecule has 0 aromatic heterocycles. The van der Waals surface area contributed by atoms with Crippen LogP contribution >= 0.6 is 0 Å². The molecule has 4 rings (SSSR count). The molecule has 0 aliphatic heterocycles. The van der Waals surface area contributed by atoms with E-state index in [1.807, 2.05) is 24.3 Å². The van der Waals surface area contributed by atoms with E-state index in [1.54, 1.807) is 7.11 Å². The highest BCUT2D eigenvalue weighted by Crippen LogP contribution is 2.40. The van der Waals surface area contributed by atoms with Gasteiger partial charge in [0.2, 0.25) is 0 Å². The molecule has 0 amide bonds. The lowest BCUT2D eigenvalue weighted by Gasteiger charge is -2.36. The molecule has 3 aromatic rings. The maximum absolute atomic E-state index is 9.96. The van der Waals surface area contributed by atoms with E-state index in [4.69, 9.17) is 4.74 Å². The monoisotopic (exact) mass is 396 g/mol. The van der Waals surface area contributed by atoms with Crippen molar-refractivity contribution in [3.8, 4) is 22.9 Å². The minimum Gasteiger partial charge on any atom is -0.497 e. The third-order valence-electron chi connectivity index (χ3n) is 6.33. The molecule has 0 bridgehead atoms. The second-order valence-corrected chi connectivity index (χ2v) is 8.14. The van der Waals surface area contributed by atoms with Crippen molar-refractivity contribution in [1.82, 2.24) is 5.32 Å². The van der Waals surface area contributed by atoms with Gasteiger partial charge in [0.1, 0.15) is 5.75 Å². The summed E-state index contributed by atoms with van der Waals surface area (Å²) in [6, 6.07) is 30.3. The Bertz CT molecular complexity index is 997. The SMILES string of the molecule is COc1cccc([C@]2(C#N)CC[C@@H](NCc3ccc(-c4ccccc4)cc3)CC2)c1. The van der Waals surface area contributed by atoms with E-state index in [-0.39, 0.29) is 0 Å². The minimum atomic E-state index is -0.399. The molecule has 3 heteroatoms. The van der Waals surface area contributed by atoms with E-state index in [0.717, 1.165) is 43.5 Å². The lowest BCUT2D eigenvalue weighted by molar-refractivity contribution is 0.294. The second-order valence-electron chi connectivity index (χ2n) is 8.14. The highest BCUT2D eigenvalue weighted by molar-refractivity contribution is 5.63. The summed E-state index contributed by atoms with van der Waals surface area (Å²) in [7, 11) is 1.67. The van der Waals surface area contributed by atoms with Gasteiger partial charge in [-0.25, -0.2) is 0 Å². The fourth-order valence-corrected chi connectivity index (χ4v) is 4.41. The lowest BCUT2D eigenvalue weighted by atomic mass is 9.69. The number of nitrogens with one attached hydrogen (secondary N) is 1. The van der Waals surface area contributed by atoms with Gasteiger partial charge in [0.15, 0.2) is 0 Å². The number of ether oxygens (including phenoxy) is 1. The molecule has 0 spiro atoms. The van der Waals surface area contributed by atoms with Crippen LogP contribution in [0.4, 0.5) is 0 Å². The lowest BCUT2D eigenvalue weighted by Crippen LogP contribution is -2.38. The van der Waals surface area contributed by atoms with Crippen LogP contribution < -0.4 is 10.1 Å². The Morgan fingerprint density at radius 2 is 1.63 bits per heavy atom. The Morgan fingerprint density at radius 1 is 0.933 bits per heavy atom. The van der Waals surface area contributed by atoms with Crippen LogP contribution in [0, 0.1) is 11.3 Å². The van der Waals surface area contributed by atoms with Crippen molar-refractivity contribution in [2.75, 3.05) is 7.11 Å². The number of nitriles is 1. The van der Waals surface area contributed by atoms with Gasteiger partial charge in [-0.05, 0) is 60.1 Å². The van der Waals surface area contributed by atoms with Crippen molar-refractivity contribution in [3.63, 3.8) is 0 Å². The van der Waals surface area contributed by atoms with E-state index in [9.17, 15) is 5.26 Å². The fourth-order valence-electron chi connectivity index (χ4n) is 4.41. The predicted octanol–water partition coefficient (Wildman–Crippen LogP) is 5.86. The van der Waals surface area contributed by atoms with Crippen LogP contribution in [-0.2, 0) is 12.0 Å². The van der Waals surface area contributed by atoms with Gasteiger partial charge in [-0.15, -0.1) is 0 Å². The smallest absolute Gasteiger partial charge is 0.119 e. The van der Waals surface area contributed by atoms with Gasteiger partial charge in [-0.2, -0.15) is 5.26 Å². The molecule has 3 nitrogen and oxygen atoms in total. The van der Waals surface area contributed by atoms with Crippen molar-refractivity contribution in [2.24, 2.45) is 0 Å². The molecular weight excluding hydrogens is 368 g/mol. The number of rotatable bonds is 6. The highest BCUT2D eigenvalue weighted by atomic mass is 16.5. The topological polar surface area (TPSA) is 45.0 Å². The van der Waals surface area contributed by atoms with Crippen LogP contribution in [0.5, 0.6) is 5.75 Å². The van der Waals surface area contributed by atoms with E-state index >= 15 is 0 Å². The molecule has 3 aromatic carbocycles. The summed E-state index contributed by atoms with van der Waals surface area (Å²) >= 11 is 0. The molecule has 0 saturated heterocycles. The summed E-state index contributed by atoms with van der Waals surface area (Å²) in [4.78, 5) is 0. The van der Waals surface area contributed by atoms with Crippen LogP contribution in [0.1, 0.15) is 36.8 Å². The molecule has 0 atom stereocenters. The first-order valence-corrected chi connectivity index (χ1v) is 10.7. The fraction of sp³-hybridized carbons (Fsp3) is 0.296. The van der Waals surface area contributed by atoms with E-state index in [0.29, 0.717) is 6.04 Å². The largest absolute Gasteiger partial charge is 0.497 e. The summed E-state index contributed by atoms with van der Waals surface area (Å²) in [5.41, 5.74) is 4.46. The van der Waals surface area contributed by atoms with Crippen LogP contribution in [0.25, 0.3) is 11.1 Å². The maximum atomic E-state index is 9.96. The molecule has 0 unspecified atom stereocenters. The maximum Gasteiger partial charge on any atom is 0.119 e. The third-order valence-corrected chi connectivity index (χ3v) is 6.33. The quantitative estimate of drug-likeness (QED) is 0.568. The average molecular weight is 397 g/mol. The molecule has 152 valence electrons. The van der Waals surface area contributed by atoms with Gasteiger partial charge in [0.25, 0.3) is 0 Å². The van der Waals surface area contributed by atoms with Crippen LogP contribution in [0.3, 0.4) is 0 Å². The summed E-state index contributed by atoms with van der Waals surface area (Å²) in [6.07, 6.45) is 3.77. The molecular formula is C27H28N2O. The Kier molecular flexibility index (Phi) is 6.16. The van der Waals surface area contributed by atoms with Gasteiger partial charge in [-0.1, -0.05) is 66.7 Å². The molecule has 1 aliphatic carbocycles. The van der Waals surface area contributed by atoms with Gasteiger partial charge >= 0.3 is 0 Å². The molecule has 0 heterocycles. The van der Waals surface area contributed by atoms with Crippen molar-refractivity contribution in [2.45, 2.75) is 43.7 Å². The first kappa shape index (κ1) is 20.2. The number of methoxy groups -OCH3 is 1. The van der Waals surface area contributed by atoms with Crippen molar-refractivity contribution < 1.29 is 4.74 Å². The van der Waals surface area contributed by atoms with Crippen molar-refractivity contribution in [1.29, 1.82) is 5.26 Å². The number of hydrogen-bond donors (Lipinski definition) is 1. The first-order chi connectivity index (χ1) is 14.7. The Morgan fingerprint density at radius 3 is 2.30 bits per heavy atom. The summed E-state index contributed by atoms with van der Waals surface area (Å²) in [6.45, 7) is 0.860. The van der Waals surface area contributed by atoms with Crippen LogP contribution in [0.15, 0.2) is 78.9 Å². The van der Waals surface area contributed by atoms with Crippen molar-refractivity contribution >= 4 is 0 Å². The second kappa shape index (κ2) is 9.15. The Labute approximate surface area is 179 Å². The highest BCUT2D eigenvalue weighted by Gasteiger charge is 2.37. The van der Waals surface area contributed by atoms with Crippen LogP contribution in [-0.4, -0.2) is 13.2 Å². The molecule has 1 N–H and O–H groups in total. The number of hydrogen-bond acceptors (Lipinski definition) is 3. The predicted molar refractivity (Wildman–Crippen MR) is 121 cm³/mol. The molecule has 1 saturated carbocycles. The first-order valence-electron chi connectivity index (χ1n) is 10.7. The standard InChI is InChI=1S/C27H28N2O/c1-30-26-9-5-8-24(18-26)27(20-28)16-14-25(15-17-27)29-19-21-10-12-23(13-11-21)22-6-3-2-4-7-22/h2-13,18,25,29H,14-17,19H2,1H3/t25-,27-. The molecule has 1 aliphatic rings. The molecule has 0 radical (unpaired) electrons.